The predicted octanol–water partition coefficient (Wildman–Crippen LogP) is 4.42. The molecular weight excluding hydrogens is 678 g/mol. The smallest absolute Gasteiger partial charge is 0.313 e. The Kier molecular flexibility index (Phi) is 9.92. The van der Waals surface area contributed by atoms with Crippen LogP contribution in [-0.4, -0.2) is 77.2 Å². The number of carbonyl (C=O) groups excluding carboxylic acids is 4. The number of hydrogen-bond donors (Lipinski definition) is 2. The number of anilines is 1. The van der Waals surface area contributed by atoms with E-state index in [2.05, 4.69) is 21.2 Å². The van der Waals surface area contributed by atoms with Gasteiger partial charge in [0.05, 0.1) is 12.0 Å². The molecule has 6 rings (SSSR count). The lowest BCUT2D eigenvalue weighted by Gasteiger charge is -2.36. The van der Waals surface area contributed by atoms with Gasteiger partial charge in [-0.15, -0.1) is 0 Å². The van der Waals surface area contributed by atoms with E-state index in [9.17, 15) is 19.5 Å². The second kappa shape index (κ2) is 14.0. The van der Waals surface area contributed by atoms with Gasteiger partial charge in [-0.25, -0.2) is 0 Å². The van der Waals surface area contributed by atoms with Crippen molar-refractivity contribution in [1.82, 2.24) is 10.2 Å². The molecule has 1 spiro atoms. The van der Waals surface area contributed by atoms with Crippen LogP contribution in [0.2, 0.25) is 0 Å². The molecule has 5 bridgehead atoms. The Morgan fingerprint density at radius 2 is 1.77 bits per heavy atom. The molecule has 0 aliphatic carbocycles. The maximum Gasteiger partial charge on any atom is 0.313 e. The molecule has 48 heavy (non-hydrogen) atoms. The Balaban J connectivity index is 1.48. The number of nitrogens with one attached hydrogen (secondary N) is 1. The van der Waals surface area contributed by atoms with E-state index in [4.69, 9.17) is 9.47 Å². The van der Waals surface area contributed by atoms with Gasteiger partial charge in [0.1, 0.15) is 29.8 Å². The lowest BCUT2D eigenvalue weighted by Crippen LogP contribution is -2.56. The maximum absolute atomic E-state index is 15.0. The molecule has 3 amide bonds. The number of unbranched alkanes of at least 4 members (excludes halogenated alkanes) is 1. The number of aryl methyl sites for hydroxylation is 2. The van der Waals surface area contributed by atoms with Crippen LogP contribution in [0, 0.1) is 25.7 Å². The summed E-state index contributed by atoms with van der Waals surface area (Å²) in [6.07, 6.45) is 5.46. The van der Waals surface area contributed by atoms with Gasteiger partial charge in [-0.05, 0) is 68.9 Å². The number of aliphatic hydroxyl groups excluding tert-OH is 1. The fourth-order valence-corrected chi connectivity index (χ4v) is 8.32. The van der Waals surface area contributed by atoms with Gasteiger partial charge in [-0.3, -0.25) is 19.2 Å². The van der Waals surface area contributed by atoms with Crippen LogP contribution in [0.3, 0.4) is 0 Å². The number of amides is 3. The van der Waals surface area contributed by atoms with Crippen molar-refractivity contribution in [3.63, 3.8) is 0 Å². The molecule has 4 aliphatic rings. The second-order valence-corrected chi connectivity index (χ2v) is 14.1. The molecule has 10 nitrogen and oxygen atoms in total. The number of cyclic esters (lactones) is 1. The van der Waals surface area contributed by atoms with E-state index in [1.54, 1.807) is 22.8 Å². The van der Waals surface area contributed by atoms with Crippen LogP contribution in [0.25, 0.3) is 0 Å². The van der Waals surface area contributed by atoms with Gasteiger partial charge in [-0.2, -0.15) is 0 Å². The molecule has 0 radical (unpaired) electrons. The highest BCUT2D eigenvalue weighted by Gasteiger charge is 2.75. The maximum atomic E-state index is 15.0. The number of likely N-dealkylation sites (tertiary alicyclic amines) is 1. The number of rotatable bonds is 6. The zero-order chi connectivity index (χ0) is 34.2. The van der Waals surface area contributed by atoms with Gasteiger partial charge in [0, 0.05) is 36.3 Å². The largest absolute Gasteiger partial charge is 0.455 e. The minimum absolute atomic E-state index is 0.0524. The van der Waals surface area contributed by atoms with Crippen LogP contribution in [0.1, 0.15) is 55.4 Å². The number of aliphatic hydroxyl groups is 1. The topological polar surface area (TPSA) is 125 Å². The molecule has 2 fully saturated rings. The summed E-state index contributed by atoms with van der Waals surface area (Å²) in [6, 6.07) is 13.4. The quantitative estimate of drug-likeness (QED) is 0.257. The van der Waals surface area contributed by atoms with Crippen molar-refractivity contribution in [2.75, 3.05) is 24.6 Å². The number of halogens is 1. The standard InChI is InChI=1S/C37H42BrN3O7/c1-22-15-16-23(2)27(20-22)40-17-9-5-8-14-28(43)39-24(3)31(25-12-6-4-7-13-25)47-36(46)29-30-34(44)41(18-10-11-19-42)33(35(40)45)37(30)21-26(38)32(29)48-37/h4-7,9,12-13,15-16,20-21,24,29-33,42H,8,10-11,14,17-19H2,1-3H3,(H,39,43)/b9-5-/t24-,29+,30-,31+,32+,33+,37-/m1/s1. The number of benzene rings is 2. The Labute approximate surface area is 289 Å². The number of esters is 1. The third-order valence-electron chi connectivity index (χ3n) is 9.87. The molecule has 2 saturated heterocycles. The van der Waals surface area contributed by atoms with Gasteiger partial charge in [0.25, 0.3) is 5.91 Å². The van der Waals surface area contributed by atoms with Gasteiger partial charge in [0.2, 0.25) is 11.8 Å². The van der Waals surface area contributed by atoms with Crippen LogP contribution in [0.4, 0.5) is 5.69 Å². The summed E-state index contributed by atoms with van der Waals surface area (Å²) in [5.74, 6) is -3.57. The van der Waals surface area contributed by atoms with E-state index >= 15 is 4.79 Å². The van der Waals surface area contributed by atoms with Crippen LogP contribution in [0.15, 0.2) is 71.2 Å². The first-order valence-corrected chi connectivity index (χ1v) is 17.4. The monoisotopic (exact) mass is 719 g/mol. The average Bonchev–Trinajstić information content (AvgIpc) is 3.65. The zero-order valence-electron chi connectivity index (χ0n) is 27.4. The summed E-state index contributed by atoms with van der Waals surface area (Å²) in [6.45, 7) is 6.04. The molecule has 0 aromatic heterocycles. The van der Waals surface area contributed by atoms with Crippen molar-refractivity contribution in [2.24, 2.45) is 11.8 Å². The minimum atomic E-state index is -1.42. The van der Waals surface area contributed by atoms with Crippen molar-refractivity contribution >= 4 is 45.3 Å². The van der Waals surface area contributed by atoms with E-state index in [0.29, 0.717) is 35.0 Å². The number of allylic oxidation sites excluding steroid dienone is 1. The first kappa shape index (κ1) is 34.1. The van der Waals surface area contributed by atoms with Crippen LogP contribution in [0.5, 0.6) is 0 Å². The van der Waals surface area contributed by atoms with E-state index in [1.807, 2.05) is 74.5 Å². The summed E-state index contributed by atoms with van der Waals surface area (Å²) >= 11 is 3.61. The second-order valence-electron chi connectivity index (χ2n) is 13.2. The number of fused-ring (bicyclic) bond motifs is 2. The molecule has 7 atom stereocenters. The Morgan fingerprint density at radius 1 is 1.00 bits per heavy atom. The molecule has 254 valence electrons. The zero-order valence-corrected chi connectivity index (χ0v) is 29.0. The molecule has 0 saturated carbocycles. The lowest BCUT2D eigenvalue weighted by atomic mass is 9.74. The van der Waals surface area contributed by atoms with Crippen LogP contribution >= 0.6 is 15.9 Å². The fourth-order valence-electron chi connectivity index (χ4n) is 7.58. The summed E-state index contributed by atoms with van der Waals surface area (Å²) < 4.78 is 13.5. The summed E-state index contributed by atoms with van der Waals surface area (Å²) in [5.41, 5.74) is 1.83. The van der Waals surface area contributed by atoms with Crippen molar-refractivity contribution in [2.45, 2.75) is 76.3 Å². The summed E-state index contributed by atoms with van der Waals surface area (Å²) in [5, 5.41) is 12.6. The minimum Gasteiger partial charge on any atom is -0.455 e. The van der Waals surface area contributed by atoms with Crippen LogP contribution in [-0.2, 0) is 28.7 Å². The average molecular weight is 721 g/mol. The van der Waals surface area contributed by atoms with Gasteiger partial charge in [-0.1, -0.05) is 70.5 Å². The van der Waals surface area contributed by atoms with Gasteiger partial charge < -0.3 is 29.7 Å². The molecular formula is C37H42BrN3O7. The third kappa shape index (κ3) is 6.12. The summed E-state index contributed by atoms with van der Waals surface area (Å²) in [4.78, 5) is 60.2. The first-order chi connectivity index (χ1) is 23.1. The van der Waals surface area contributed by atoms with Crippen molar-refractivity contribution in [3.8, 4) is 0 Å². The highest BCUT2D eigenvalue weighted by atomic mass is 79.9. The van der Waals surface area contributed by atoms with Crippen molar-refractivity contribution in [3.05, 3.63) is 87.9 Å². The molecule has 4 heterocycles. The predicted molar refractivity (Wildman–Crippen MR) is 183 cm³/mol. The van der Waals surface area contributed by atoms with E-state index in [-0.39, 0.29) is 43.8 Å². The molecule has 4 aliphatic heterocycles. The lowest BCUT2D eigenvalue weighted by molar-refractivity contribution is -0.161. The Bertz CT molecular complexity index is 1640. The molecule has 2 aromatic carbocycles. The molecule has 2 aromatic rings. The molecule has 2 N–H and O–H groups in total. The van der Waals surface area contributed by atoms with Crippen LogP contribution < -0.4 is 10.2 Å². The number of carbonyl (C=O) groups is 4. The van der Waals surface area contributed by atoms with Gasteiger partial charge in [0.15, 0.2) is 0 Å². The number of hydrogen-bond acceptors (Lipinski definition) is 7. The SMILES string of the molecule is Cc1ccc(C)c(N2C/C=C\CCC(=O)N[C@H](C)[C@@H](c3ccccc3)OC(=O)[C@@H]3[C@H]4O[C@@]5(C=C4Br)[C@H](C2=O)N(CCCCO)C(=O)[C@@H]35)c1. The fraction of sp³-hybridized carbons (Fsp3) is 0.459. The van der Waals surface area contributed by atoms with Crippen molar-refractivity contribution in [1.29, 1.82) is 0 Å². The normalized spacial score (nSPS) is 31.4. The highest BCUT2D eigenvalue weighted by molar-refractivity contribution is 9.11. The highest BCUT2D eigenvalue weighted by Crippen LogP contribution is 2.59. The van der Waals surface area contributed by atoms with E-state index < -0.39 is 47.7 Å². The number of nitrogens with zero attached hydrogens (tertiary/aromatic N) is 2. The summed E-state index contributed by atoms with van der Waals surface area (Å²) in [7, 11) is 0. The Morgan fingerprint density at radius 3 is 2.52 bits per heavy atom. The van der Waals surface area contributed by atoms with E-state index in [1.165, 1.54) is 0 Å². The number of ether oxygens (including phenoxy) is 2. The van der Waals surface area contributed by atoms with E-state index in [0.717, 1.165) is 11.1 Å². The Hall–Kier alpha value is -3.80. The third-order valence-corrected chi connectivity index (χ3v) is 10.5. The van der Waals surface area contributed by atoms with Crippen molar-refractivity contribution < 1.29 is 33.8 Å². The first-order valence-electron chi connectivity index (χ1n) is 16.6. The molecule has 0 unspecified atom stereocenters. The van der Waals surface area contributed by atoms with Gasteiger partial charge >= 0.3 is 5.97 Å². The molecule has 11 heteroatoms.